The summed E-state index contributed by atoms with van der Waals surface area (Å²) in [7, 11) is 0. The first kappa shape index (κ1) is 13.8. The summed E-state index contributed by atoms with van der Waals surface area (Å²) < 4.78 is 5.23. The van der Waals surface area contributed by atoms with Crippen molar-refractivity contribution in [3.05, 3.63) is 0 Å². The molecule has 1 aliphatic heterocycles. The number of rotatable bonds is 5. The summed E-state index contributed by atoms with van der Waals surface area (Å²) in [6.45, 7) is 7.58. The summed E-state index contributed by atoms with van der Waals surface area (Å²) in [6.07, 6.45) is 0. The normalized spacial score (nSPS) is 20.6. The number of hydrogen-bond acceptors (Lipinski definition) is 4. The molecular weight excluding hydrogens is 224 g/mol. The highest BCUT2D eigenvalue weighted by Gasteiger charge is 2.22. The Bertz CT molecular complexity index is 220. The van der Waals surface area contributed by atoms with Crippen LogP contribution in [0.2, 0.25) is 0 Å². The van der Waals surface area contributed by atoms with Crippen LogP contribution in [0.5, 0.6) is 0 Å². The fraction of sp³-hybridized carbons (Fsp3) is 0.909. The third-order valence-corrected chi connectivity index (χ3v) is 4.17. The van der Waals surface area contributed by atoms with Crippen LogP contribution in [-0.4, -0.2) is 54.7 Å². The molecule has 2 N–H and O–H groups in total. The van der Waals surface area contributed by atoms with Crippen LogP contribution in [-0.2, 0) is 9.53 Å². The van der Waals surface area contributed by atoms with Gasteiger partial charge in [-0.15, -0.1) is 11.8 Å². The Hall–Kier alpha value is -0.260. The van der Waals surface area contributed by atoms with Gasteiger partial charge in [-0.2, -0.15) is 0 Å². The van der Waals surface area contributed by atoms with Gasteiger partial charge in [0.05, 0.1) is 18.5 Å². The van der Waals surface area contributed by atoms with Crippen LogP contribution in [0.15, 0.2) is 0 Å². The van der Waals surface area contributed by atoms with Crippen molar-refractivity contribution in [2.24, 2.45) is 11.7 Å². The van der Waals surface area contributed by atoms with Gasteiger partial charge < -0.3 is 15.4 Å². The Morgan fingerprint density at radius 1 is 1.44 bits per heavy atom. The van der Waals surface area contributed by atoms with E-state index in [4.69, 9.17) is 10.5 Å². The molecule has 1 aliphatic rings. The van der Waals surface area contributed by atoms with E-state index in [0.29, 0.717) is 25.7 Å². The van der Waals surface area contributed by atoms with E-state index in [1.165, 1.54) is 0 Å². The standard InChI is InChI=1S/C11H22N2O2S/c1-9(7-12)8-16-10(2)11(14)13-3-5-15-6-4-13/h9-10H,3-8,12H2,1-2H3. The van der Waals surface area contributed by atoms with Crippen LogP contribution in [0.1, 0.15) is 13.8 Å². The number of thioether (sulfide) groups is 1. The van der Waals surface area contributed by atoms with E-state index in [0.717, 1.165) is 18.8 Å². The Morgan fingerprint density at radius 2 is 2.06 bits per heavy atom. The topological polar surface area (TPSA) is 55.6 Å². The van der Waals surface area contributed by atoms with Gasteiger partial charge in [0.1, 0.15) is 0 Å². The van der Waals surface area contributed by atoms with Crippen LogP contribution in [0.3, 0.4) is 0 Å². The smallest absolute Gasteiger partial charge is 0.235 e. The zero-order chi connectivity index (χ0) is 12.0. The maximum Gasteiger partial charge on any atom is 0.235 e. The first-order valence-corrected chi connectivity index (χ1v) is 6.88. The van der Waals surface area contributed by atoms with Crippen LogP contribution >= 0.6 is 11.8 Å². The van der Waals surface area contributed by atoms with Gasteiger partial charge in [-0.3, -0.25) is 4.79 Å². The van der Waals surface area contributed by atoms with E-state index in [1.54, 1.807) is 11.8 Å². The van der Waals surface area contributed by atoms with Crippen molar-refractivity contribution in [2.75, 3.05) is 38.6 Å². The zero-order valence-corrected chi connectivity index (χ0v) is 11.0. The van der Waals surface area contributed by atoms with Crippen molar-refractivity contribution < 1.29 is 9.53 Å². The van der Waals surface area contributed by atoms with Gasteiger partial charge in [-0.25, -0.2) is 0 Å². The van der Waals surface area contributed by atoms with Crippen LogP contribution < -0.4 is 5.73 Å². The maximum absolute atomic E-state index is 12.0. The van der Waals surface area contributed by atoms with E-state index in [-0.39, 0.29) is 11.2 Å². The molecule has 1 rings (SSSR count). The lowest BCUT2D eigenvalue weighted by molar-refractivity contribution is -0.134. The second-order valence-electron chi connectivity index (χ2n) is 4.25. The number of amides is 1. The first-order valence-electron chi connectivity index (χ1n) is 5.83. The van der Waals surface area contributed by atoms with Gasteiger partial charge in [0.15, 0.2) is 0 Å². The lowest BCUT2D eigenvalue weighted by atomic mass is 10.2. The predicted octanol–water partition coefficient (Wildman–Crippen LogP) is 0.562. The molecule has 0 aliphatic carbocycles. The fourth-order valence-electron chi connectivity index (χ4n) is 1.49. The lowest BCUT2D eigenvalue weighted by Gasteiger charge is -2.29. The first-order chi connectivity index (χ1) is 7.65. The summed E-state index contributed by atoms with van der Waals surface area (Å²) >= 11 is 1.70. The van der Waals surface area contributed by atoms with Crippen molar-refractivity contribution >= 4 is 17.7 Å². The van der Waals surface area contributed by atoms with Crippen molar-refractivity contribution in [1.29, 1.82) is 0 Å². The average molecular weight is 246 g/mol. The third kappa shape index (κ3) is 4.31. The van der Waals surface area contributed by atoms with Crippen molar-refractivity contribution in [2.45, 2.75) is 19.1 Å². The van der Waals surface area contributed by atoms with Gasteiger partial charge in [0, 0.05) is 13.1 Å². The zero-order valence-electron chi connectivity index (χ0n) is 10.1. The molecular formula is C11H22N2O2S. The van der Waals surface area contributed by atoms with Crippen molar-refractivity contribution in [3.63, 3.8) is 0 Å². The molecule has 4 nitrogen and oxygen atoms in total. The molecule has 0 aromatic carbocycles. The Balaban J connectivity index is 2.29. The highest BCUT2D eigenvalue weighted by atomic mass is 32.2. The summed E-state index contributed by atoms with van der Waals surface area (Å²) in [5.41, 5.74) is 5.55. The Morgan fingerprint density at radius 3 is 2.62 bits per heavy atom. The third-order valence-electron chi connectivity index (χ3n) is 2.70. The molecule has 0 aromatic heterocycles. The lowest BCUT2D eigenvalue weighted by Crippen LogP contribution is -2.44. The SMILES string of the molecule is CC(CN)CSC(C)C(=O)N1CCOCC1. The van der Waals surface area contributed by atoms with Crippen molar-refractivity contribution in [1.82, 2.24) is 4.90 Å². The highest BCUT2D eigenvalue weighted by Crippen LogP contribution is 2.17. The van der Waals surface area contributed by atoms with Gasteiger partial charge in [0.25, 0.3) is 0 Å². The molecule has 1 fully saturated rings. The maximum atomic E-state index is 12.0. The van der Waals surface area contributed by atoms with Gasteiger partial charge in [0.2, 0.25) is 5.91 Å². The van der Waals surface area contributed by atoms with Crippen LogP contribution in [0.4, 0.5) is 0 Å². The molecule has 5 heteroatoms. The van der Waals surface area contributed by atoms with E-state index in [9.17, 15) is 4.79 Å². The Kier molecular flexibility index (Phi) is 6.16. The second kappa shape index (κ2) is 7.14. The van der Waals surface area contributed by atoms with E-state index < -0.39 is 0 Å². The molecule has 0 spiro atoms. The number of ether oxygens (including phenoxy) is 1. The van der Waals surface area contributed by atoms with Crippen LogP contribution in [0.25, 0.3) is 0 Å². The molecule has 0 bridgehead atoms. The molecule has 16 heavy (non-hydrogen) atoms. The number of carbonyl (C=O) groups excluding carboxylic acids is 1. The average Bonchev–Trinajstić information content (AvgIpc) is 2.35. The second-order valence-corrected chi connectivity index (χ2v) is 5.63. The monoisotopic (exact) mass is 246 g/mol. The summed E-state index contributed by atoms with van der Waals surface area (Å²) in [4.78, 5) is 13.9. The van der Waals surface area contributed by atoms with E-state index in [1.807, 2.05) is 11.8 Å². The minimum absolute atomic E-state index is 0.0344. The molecule has 2 atom stereocenters. The molecule has 1 heterocycles. The molecule has 2 unspecified atom stereocenters. The molecule has 0 aromatic rings. The number of nitrogens with zero attached hydrogens (tertiary/aromatic N) is 1. The Labute approximate surface area is 102 Å². The number of nitrogens with two attached hydrogens (primary N) is 1. The molecule has 1 amide bonds. The fourth-order valence-corrected chi connectivity index (χ4v) is 2.53. The largest absolute Gasteiger partial charge is 0.378 e. The molecule has 94 valence electrons. The van der Waals surface area contributed by atoms with Gasteiger partial charge >= 0.3 is 0 Å². The molecule has 0 radical (unpaired) electrons. The predicted molar refractivity (Wildman–Crippen MR) is 67.5 cm³/mol. The minimum atomic E-state index is 0.0344. The number of hydrogen-bond donors (Lipinski definition) is 1. The van der Waals surface area contributed by atoms with E-state index >= 15 is 0 Å². The highest BCUT2D eigenvalue weighted by molar-refractivity contribution is 8.00. The van der Waals surface area contributed by atoms with Crippen molar-refractivity contribution in [3.8, 4) is 0 Å². The van der Waals surface area contributed by atoms with Gasteiger partial charge in [-0.05, 0) is 25.1 Å². The van der Waals surface area contributed by atoms with E-state index in [2.05, 4.69) is 6.92 Å². The van der Waals surface area contributed by atoms with Gasteiger partial charge in [-0.1, -0.05) is 6.92 Å². The summed E-state index contributed by atoms with van der Waals surface area (Å²) in [6, 6.07) is 0. The molecule has 1 saturated heterocycles. The van der Waals surface area contributed by atoms with Crippen LogP contribution in [0, 0.1) is 5.92 Å². The number of morpholine rings is 1. The number of carbonyl (C=O) groups is 1. The summed E-state index contributed by atoms with van der Waals surface area (Å²) in [5, 5.41) is 0.0344. The summed E-state index contributed by atoms with van der Waals surface area (Å²) in [5.74, 6) is 1.66. The molecule has 0 saturated carbocycles. The minimum Gasteiger partial charge on any atom is -0.378 e. The quantitative estimate of drug-likeness (QED) is 0.770.